The standard InChI is InChI=1S/C16H13AsClN2O2/c1-21-13-8-7-10(9-14(13)22-2)17-15-11-5-3-4-6-12(11)19-16(18)20-15/h3-9H,1-2H3. The molecule has 0 fully saturated rings. The maximum atomic E-state index is 6.04. The fraction of sp³-hybridized carbons (Fsp3) is 0.125. The summed E-state index contributed by atoms with van der Waals surface area (Å²) >= 11 is 5.71. The van der Waals surface area contributed by atoms with Crippen molar-refractivity contribution < 1.29 is 9.47 Å². The van der Waals surface area contributed by atoms with Gasteiger partial charge in [-0.2, -0.15) is 0 Å². The second kappa shape index (κ2) is 6.55. The van der Waals surface area contributed by atoms with Gasteiger partial charge >= 0.3 is 140 Å². The molecule has 0 amide bonds. The Bertz CT molecular complexity index is 826. The fourth-order valence-electron chi connectivity index (χ4n) is 2.13. The summed E-state index contributed by atoms with van der Waals surface area (Å²) in [6.45, 7) is 0. The van der Waals surface area contributed by atoms with Crippen LogP contribution >= 0.6 is 11.6 Å². The molecular weight excluding hydrogens is 363 g/mol. The van der Waals surface area contributed by atoms with Crippen LogP contribution in [0.15, 0.2) is 42.5 Å². The van der Waals surface area contributed by atoms with Crippen molar-refractivity contribution in [1.82, 2.24) is 9.97 Å². The number of ether oxygens (including phenoxy) is 2. The molecule has 0 unspecified atom stereocenters. The van der Waals surface area contributed by atoms with E-state index in [1.807, 2.05) is 42.5 Å². The third-order valence-corrected chi connectivity index (χ3v) is 5.61. The van der Waals surface area contributed by atoms with E-state index in [1.165, 1.54) is 0 Å². The molecule has 0 N–H and O–H groups in total. The minimum absolute atomic E-state index is 0.282. The Morgan fingerprint density at radius 3 is 2.50 bits per heavy atom. The van der Waals surface area contributed by atoms with Gasteiger partial charge in [0.2, 0.25) is 0 Å². The Morgan fingerprint density at radius 1 is 0.955 bits per heavy atom. The van der Waals surface area contributed by atoms with Gasteiger partial charge in [-0.05, 0) is 0 Å². The first-order chi connectivity index (χ1) is 10.7. The minimum atomic E-state index is -0.333. The van der Waals surface area contributed by atoms with Crippen LogP contribution in [0, 0.1) is 0 Å². The van der Waals surface area contributed by atoms with Crippen LogP contribution < -0.4 is 18.3 Å². The van der Waals surface area contributed by atoms with Crippen molar-refractivity contribution in [2.24, 2.45) is 0 Å². The summed E-state index contributed by atoms with van der Waals surface area (Å²) in [5, 5.41) is 1.33. The van der Waals surface area contributed by atoms with Gasteiger partial charge < -0.3 is 0 Å². The third kappa shape index (κ3) is 3.03. The number of para-hydroxylation sites is 1. The number of aromatic nitrogens is 2. The van der Waals surface area contributed by atoms with Gasteiger partial charge in [0.1, 0.15) is 0 Å². The van der Waals surface area contributed by atoms with Crippen LogP contribution in [0.3, 0.4) is 0 Å². The quantitative estimate of drug-likeness (QED) is 0.516. The Hall–Kier alpha value is -1.77. The van der Waals surface area contributed by atoms with Gasteiger partial charge in [0.25, 0.3) is 0 Å². The molecule has 0 aliphatic heterocycles. The summed E-state index contributed by atoms with van der Waals surface area (Å²) in [4.78, 5) is 8.68. The van der Waals surface area contributed by atoms with Gasteiger partial charge in [-0.15, -0.1) is 0 Å². The molecule has 111 valence electrons. The number of benzene rings is 2. The van der Waals surface area contributed by atoms with Crippen LogP contribution in [-0.4, -0.2) is 39.9 Å². The molecule has 0 aliphatic carbocycles. The predicted molar refractivity (Wildman–Crippen MR) is 89.1 cm³/mol. The van der Waals surface area contributed by atoms with E-state index >= 15 is 0 Å². The van der Waals surface area contributed by atoms with E-state index in [0.29, 0.717) is 0 Å². The third-order valence-electron chi connectivity index (χ3n) is 3.16. The molecule has 0 bridgehead atoms. The van der Waals surface area contributed by atoms with Crippen molar-refractivity contribution in [3.63, 3.8) is 0 Å². The van der Waals surface area contributed by atoms with Gasteiger partial charge in [-0.25, -0.2) is 0 Å². The Morgan fingerprint density at radius 2 is 1.73 bits per heavy atom. The summed E-state index contributed by atoms with van der Waals surface area (Å²) in [6.07, 6.45) is 0. The Balaban J connectivity index is 2.03. The zero-order valence-electron chi connectivity index (χ0n) is 12.1. The fourth-order valence-corrected chi connectivity index (χ4v) is 4.60. The van der Waals surface area contributed by atoms with Crippen LogP contribution in [0.4, 0.5) is 0 Å². The van der Waals surface area contributed by atoms with E-state index in [4.69, 9.17) is 21.1 Å². The van der Waals surface area contributed by atoms with Crippen LogP contribution in [0.1, 0.15) is 0 Å². The molecule has 0 spiro atoms. The number of methoxy groups -OCH3 is 2. The van der Waals surface area contributed by atoms with Crippen molar-refractivity contribution in [2.45, 2.75) is 0 Å². The van der Waals surface area contributed by atoms with Crippen LogP contribution in [0.5, 0.6) is 11.5 Å². The molecule has 22 heavy (non-hydrogen) atoms. The number of nitrogens with zero attached hydrogens (tertiary/aromatic N) is 2. The first-order valence-electron chi connectivity index (χ1n) is 6.57. The van der Waals surface area contributed by atoms with E-state index in [9.17, 15) is 0 Å². The van der Waals surface area contributed by atoms with E-state index in [2.05, 4.69) is 9.97 Å². The van der Waals surface area contributed by atoms with Crippen molar-refractivity contribution in [3.05, 3.63) is 47.7 Å². The van der Waals surface area contributed by atoms with Crippen molar-refractivity contribution in [1.29, 1.82) is 0 Å². The zero-order valence-corrected chi connectivity index (χ0v) is 14.7. The van der Waals surface area contributed by atoms with Crippen molar-refractivity contribution in [3.8, 4) is 11.5 Å². The van der Waals surface area contributed by atoms with E-state index in [1.54, 1.807) is 14.2 Å². The molecule has 1 heterocycles. The second-order valence-electron chi connectivity index (χ2n) is 4.48. The van der Waals surface area contributed by atoms with Crippen LogP contribution in [0.2, 0.25) is 5.28 Å². The summed E-state index contributed by atoms with van der Waals surface area (Å²) in [7, 11) is 3.26. The van der Waals surface area contributed by atoms with E-state index in [-0.39, 0.29) is 21.0 Å². The molecule has 3 aromatic rings. The Kier molecular flexibility index (Phi) is 4.51. The van der Waals surface area contributed by atoms with Gasteiger partial charge in [-0.1, -0.05) is 0 Å². The number of fused-ring (bicyclic) bond motifs is 1. The molecule has 0 aliphatic rings. The topological polar surface area (TPSA) is 44.2 Å². The molecule has 4 nitrogen and oxygen atoms in total. The average molecular weight is 376 g/mol. The van der Waals surface area contributed by atoms with Crippen molar-refractivity contribution >= 4 is 47.1 Å². The Labute approximate surface area is 140 Å². The van der Waals surface area contributed by atoms with Gasteiger partial charge in [0, 0.05) is 0 Å². The van der Waals surface area contributed by atoms with E-state index in [0.717, 1.165) is 31.2 Å². The van der Waals surface area contributed by atoms with Gasteiger partial charge in [0.05, 0.1) is 0 Å². The monoisotopic (exact) mass is 375 g/mol. The van der Waals surface area contributed by atoms with Crippen LogP contribution in [0.25, 0.3) is 10.9 Å². The molecule has 0 saturated carbocycles. The molecule has 0 saturated heterocycles. The summed E-state index contributed by atoms with van der Waals surface area (Å²) < 4.78 is 12.8. The first kappa shape index (κ1) is 15.1. The molecule has 1 radical (unpaired) electrons. The van der Waals surface area contributed by atoms with Gasteiger partial charge in [0.15, 0.2) is 0 Å². The first-order valence-corrected chi connectivity index (χ1v) is 8.83. The summed E-state index contributed by atoms with van der Waals surface area (Å²) in [6, 6.07) is 13.8. The molecule has 6 heteroatoms. The number of hydrogen-bond acceptors (Lipinski definition) is 4. The zero-order chi connectivity index (χ0) is 15.5. The summed E-state index contributed by atoms with van der Waals surface area (Å²) in [5.74, 6) is 1.44. The normalized spacial score (nSPS) is 11.2. The maximum absolute atomic E-state index is 6.04. The second-order valence-corrected chi connectivity index (χ2v) is 7.26. The SMILES string of the molecule is COc1ccc([As]c2nc(Cl)nc3ccccc23)cc1OC. The van der Waals surface area contributed by atoms with Crippen LogP contribution in [-0.2, 0) is 0 Å². The molecular formula is C16H13AsClN2O2. The number of hydrogen-bond donors (Lipinski definition) is 0. The van der Waals surface area contributed by atoms with E-state index < -0.39 is 0 Å². The predicted octanol–water partition coefficient (Wildman–Crippen LogP) is 1.96. The molecule has 3 rings (SSSR count). The molecule has 1 aromatic heterocycles. The van der Waals surface area contributed by atoms with Crippen molar-refractivity contribution in [2.75, 3.05) is 14.2 Å². The number of rotatable bonds is 4. The average Bonchev–Trinajstić information content (AvgIpc) is 2.54. The molecule has 2 aromatic carbocycles. The summed E-state index contributed by atoms with van der Waals surface area (Å²) in [5.41, 5.74) is 0.869. The van der Waals surface area contributed by atoms with Gasteiger partial charge in [-0.3, -0.25) is 0 Å². The molecule has 0 atom stereocenters. The number of halogens is 1.